The zero-order chi connectivity index (χ0) is 22.1. The molecular formula is C23H23ClN4O3S. The molecule has 1 saturated heterocycles. The van der Waals surface area contributed by atoms with Crippen LogP contribution in [0.3, 0.4) is 0 Å². The molecule has 5 rings (SSSR count). The van der Waals surface area contributed by atoms with Crippen molar-refractivity contribution >= 4 is 27.4 Å². The highest BCUT2D eigenvalue weighted by Crippen LogP contribution is 2.34. The van der Waals surface area contributed by atoms with E-state index in [4.69, 9.17) is 16.3 Å². The average molecular weight is 471 g/mol. The lowest BCUT2D eigenvalue weighted by Crippen LogP contribution is -2.27. The normalized spacial score (nSPS) is 18.3. The first-order valence-electron chi connectivity index (χ1n) is 10.6. The van der Waals surface area contributed by atoms with Crippen LogP contribution >= 0.6 is 11.6 Å². The van der Waals surface area contributed by atoms with Crippen molar-refractivity contribution < 1.29 is 13.2 Å². The van der Waals surface area contributed by atoms with Gasteiger partial charge in [0, 0.05) is 43.5 Å². The molecule has 4 heterocycles. The Morgan fingerprint density at radius 3 is 2.66 bits per heavy atom. The topological polar surface area (TPSA) is 84.4 Å². The molecule has 0 saturated carbocycles. The third kappa shape index (κ3) is 4.18. The number of pyridine rings is 2. The third-order valence-electron chi connectivity index (χ3n) is 5.85. The Morgan fingerprint density at radius 2 is 1.91 bits per heavy atom. The number of nitrogens with zero attached hydrogens (tertiary/aromatic N) is 3. The molecule has 0 bridgehead atoms. The summed E-state index contributed by atoms with van der Waals surface area (Å²) in [5.41, 5.74) is 3.10. The van der Waals surface area contributed by atoms with Gasteiger partial charge in [-0.1, -0.05) is 23.7 Å². The maximum Gasteiger partial charge on any atom is 0.243 e. The predicted octanol–water partition coefficient (Wildman–Crippen LogP) is 4.00. The highest BCUT2D eigenvalue weighted by atomic mass is 35.5. The number of hydrogen-bond acceptors (Lipinski definition) is 6. The average Bonchev–Trinajstić information content (AvgIpc) is 3.48. The molecule has 1 unspecified atom stereocenters. The summed E-state index contributed by atoms with van der Waals surface area (Å²) in [4.78, 5) is 8.85. The van der Waals surface area contributed by atoms with Crippen LogP contribution in [0.15, 0.2) is 59.9 Å². The van der Waals surface area contributed by atoms with Crippen molar-refractivity contribution in [1.82, 2.24) is 14.3 Å². The second-order valence-electron chi connectivity index (χ2n) is 8.02. The van der Waals surface area contributed by atoms with Gasteiger partial charge >= 0.3 is 0 Å². The van der Waals surface area contributed by atoms with Crippen molar-refractivity contribution in [3.05, 3.63) is 65.6 Å². The van der Waals surface area contributed by atoms with Gasteiger partial charge in [0.1, 0.15) is 18.2 Å². The van der Waals surface area contributed by atoms with E-state index in [0.717, 1.165) is 41.8 Å². The zero-order valence-electron chi connectivity index (χ0n) is 17.4. The minimum Gasteiger partial charge on any atom is -0.490 e. The predicted molar refractivity (Wildman–Crippen MR) is 124 cm³/mol. The lowest BCUT2D eigenvalue weighted by atomic mass is 9.99. The number of anilines is 1. The molecule has 1 atom stereocenters. The number of hydrogen-bond donors (Lipinski definition) is 1. The number of nitrogens with one attached hydrogen (secondary N) is 1. The van der Waals surface area contributed by atoms with E-state index in [9.17, 15) is 8.42 Å². The molecule has 2 aliphatic rings. The molecule has 7 nitrogen and oxygen atoms in total. The maximum atomic E-state index is 12.8. The Bertz CT molecular complexity index is 1230. The highest BCUT2D eigenvalue weighted by molar-refractivity contribution is 7.89. The molecule has 0 spiro atoms. The fourth-order valence-electron chi connectivity index (χ4n) is 4.24. The number of sulfonamides is 1. The van der Waals surface area contributed by atoms with Crippen LogP contribution < -0.4 is 10.1 Å². The first-order chi connectivity index (χ1) is 15.5. The SMILES string of the molecule is O=S(=O)(c1ccc(-c2ccnc3c2CC(COc2cncc(Cl)c2)N3)cc1)N1CCCC1. The molecule has 32 heavy (non-hydrogen) atoms. The van der Waals surface area contributed by atoms with E-state index in [0.29, 0.717) is 35.4 Å². The van der Waals surface area contributed by atoms with Crippen LogP contribution in [0.5, 0.6) is 5.75 Å². The van der Waals surface area contributed by atoms with Gasteiger partial charge in [-0.05, 0) is 42.2 Å². The molecule has 0 aliphatic carbocycles. The fraction of sp³-hybridized carbons (Fsp3) is 0.304. The Labute approximate surface area is 192 Å². The van der Waals surface area contributed by atoms with Crippen LogP contribution in [0, 0.1) is 0 Å². The van der Waals surface area contributed by atoms with Gasteiger partial charge in [0.05, 0.1) is 22.2 Å². The van der Waals surface area contributed by atoms with Gasteiger partial charge < -0.3 is 10.1 Å². The Hall–Kier alpha value is -2.68. The molecule has 2 aromatic heterocycles. The molecule has 1 aromatic carbocycles. The van der Waals surface area contributed by atoms with Crippen molar-refractivity contribution in [2.24, 2.45) is 0 Å². The second-order valence-corrected chi connectivity index (χ2v) is 10.4. The number of benzene rings is 1. The standard InChI is InChI=1S/C23H23ClN4O3S/c24-17-11-19(14-25-13-17)31-15-18-12-22-21(7-8-26-23(22)27-18)16-3-5-20(6-4-16)32(29,30)28-9-1-2-10-28/h3-8,11,13-14,18H,1-2,9-10,12,15H2,(H,26,27). The molecule has 0 amide bonds. The second kappa shape index (κ2) is 8.69. The van der Waals surface area contributed by atoms with Gasteiger partial charge in [0.25, 0.3) is 0 Å². The molecular weight excluding hydrogens is 448 g/mol. The van der Waals surface area contributed by atoms with Crippen molar-refractivity contribution in [2.75, 3.05) is 25.0 Å². The van der Waals surface area contributed by atoms with Gasteiger partial charge in [0.15, 0.2) is 0 Å². The Kier molecular flexibility index (Phi) is 5.75. The third-order valence-corrected chi connectivity index (χ3v) is 7.97. The van der Waals surface area contributed by atoms with Gasteiger partial charge in [-0.25, -0.2) is 13.4 Å². The lowest BCUT2D eigenvalue weighted by molar-refractivity contribution is 0.298. The Morgan fingerprint density at radius 1 is 1.12 bits per heavy atom. The fourth-order valence-corrected chi connectivity index (χ4v) is 5.92. The summed E-state index contributed by atoms with van der Waals surface area (Å²) >= 11 is 5.97. The summed E-state index contributed by atoms with van der Waals surface area (Å²) in [7, 11) is -3.42. The van der Waals surface area contributed by atoms with Crippen LogP contribution in [-0.4, -0.2) is 48.4 Å². The highest BCUT2D eigenvalue weighted by Gasteiger charge is 2.28. The number of rotatable bonds is 6. The molecule has 2 aliphatic heterocycles. The molecule has 1 N–H and O–H groups in total. The summed E-state index contributed by atoms with van der Waals surface area (Å²) in [6, 6.07) is 10.9. The first-order valence-corrected chi connectivity index (χ1v) is 12.4. The minimum absolute atomic E-state index is 0.0625. The van der Waals surface area contributed by atoms with E-state index in [1.165, 1.54) is 0 Å². The summed E-state index contributed by atoms with van der Waals surface area (Å²) in [5.74, 6) is 1.45. The van der Waals surface area contributed by atoms with E-state index in [-0.39, 0.29) is 6.04 Å². The van der Waals surface area contributed by atoms with E-state index in [1.807, 2.05) is 18.2 Å². The van der Waals surface area contributed by atoms with Crippen LogP contribution in [0.25, 0.3) is 11.1 Å². The van der Waals surface area contributed by atoms with Crippen LogP contribution in [-0.2, 0) is 16.4 Å². The van der Waals surface area contributed by atoms with Crippen molar-refractivity contribution in [3.63, 3.8) is 0 Å². The minimum atomic E-state index is -3.42. The Balaban J connectivity index is 1.32. The quantitative estimate of drug-likeness (QED) is 0.586. The maximum absolute atomic E-state index is 12.8. The van der Waals surface area contributed by atoms with E-state index in [2.05, 4.69) is 15.3 Å². The van der Waals surface area contributed by atoms with Crippen LogP contribution in [0.2, 0.25) is 5.02 Å². The number of fused-ring (bicyclic) bond motifs is 1. The molecule has 0 radical (unpaired) electrons. The number of aromatic nitrogens is 2. The summed E-state index contributed by atoms with van der Waals surface area (Å²) in [5, 5.41) is 3.94. The van der Waals surface area contributed by atoms with Crippen molar-refractivity contribution in [1.29, 1.82) is 0 Å². The molecule has 166 valence electrons. The summed E-state index contributed by atoms with van der Waals surface area (Å²) in [6.07, 6.45) is 7.56. The lowest BCUT2D eigenvalue weighted by Gasteiger charge is -2.16. The van der Waals surface area contributed by atoms with Gasteiger partial charge in [-0.15, -0.1) is 0 Å². The molecule has 1 fully saturated rings. The van der Waals surface area contributed by atoms with Crippen molar-refractivity contribution in [3.8, 4) is 16.9 Å². The van der Waals surface area contributed by atoms with Gasteiger partial charge in [0.2, 0.25) is 10.0 Å². The van der Waals surface area contributed by atoms with E-state index in [1.54, 1.807) is 41.1 Å². The van der Waals surface area contributed by atoms with Gasteiger partial charge in [-0.3, -0.25) is 4.98 Å². The smallest absolute Gasteiger partial charge is 0.243 e. The van der Waals surface area contributed by atoms with E-state index < -0.39 is 10.0 Å². The largest absolute Gasteiger partial charge is 0.490 e. The van der Waals surface area contributed by atoms with Crippen LogP contribution in [0.1, 0.15) is 18.4 Å². The number of ether oxygens (including phenoxy) is 1. The zero-order valence-corrected chi connectivity index (χ0v) is 18.9. The molecule has 9 heteroatoms. The summed E-state index contributed by atoms with van der Waals surface area (Å²) < 4.78 is 33.0. The number of halogens is 1. The molecule has 3 aromatic rings. The van der Waals surface area contributed by atoms with Gasteiger partial charge in [-0.2, -0.15) is 4.31 Å². The van der Waals surface area contributed by atoms with Crippen LogP contribution in [0.4, 0.5) is 5.82 Å². The summed E-state index contributed by atoms with van der Waals surface area (Å²) in [6.45, 7) is 1.65. The first kappa shape index (κ1) is 21.2. The monoisotopic (exact) mass is 470 g/mol. The van der Waals surface area contributed by atoms with Crippen molar-refractivity contribution in [2.45, 2.75) is 30.2 Å². The van der Waals surface area contributed by atoms with E-state index >= 15 is 0 Å².